The van der Waals surface area contributed by atoms with Crippen molar-refractivity contribution in [1.82, 2.24) is 10.3 Å². The molecule has 0 saturated heterocycles. The molecule has 1 aromatic carbocycles. The van der Waals surface area contributed by atoms with Crippen LogP contribution < -0.4 is 5.32 Å². The zero-order valence-electron chi connectivity index (χ0n) is 9.36. The maximum Gasteiger partial charge on any atom is 0.181 e. The lowest BCUT2D eigenvalue weighted by molar-refractivity contribution is -0.117. The monoisotopic (exact) mass is 218 g/mol. The van der Waals surface area contributed by atoms with Gasteiger partial charge >= 0.3 is 0 Å². The van der Waals surface area contributed by atoms with Crippen molar-refractivity contribution in [1.29, 1.82) is 0 Å². The summed E-state index contributed by atoms with van der Waals surface area (Å²) in [5, 5.41) is 3.12. The minimum absolute atomic E-state index is 0.0343. The largest absolute Gasteiger partial charge is 0.443 e. The smallest absolute Gasteiger partial charge is 0.181 e. The third-order valence-electron chi connectivity index (χ3n) is 2.60. The predicted octanol–water partition coefficient (Wildman–Crippen LogP) is 2.07. The number of carbonyl (C=O) groups is 1. The van der Waals surface area contributed by atoms with Gasteiger partial charge in [0.05, 0.1) is 0 Å². The van der Waals surface area contributed by atoms with E-state index in [2.05, 4.69) is 10.3 Å². The van der Waals surface area contributed by atoms with E-state index in [0.717, 1.165) is 16.7 Å². The molecule has 4 heteroatoms. The van der Waals surface area contributed by atoms with Gasteiger partial charge in [0.2, 0.25) is 0 Å². The summed E-state index contributed by atoms with van der Waals surface area (Å²) in [7, 11) is 1.85. The average molecular weight is 218 g/mol. The maximum absolute atomic E-state index is 11.1. The number of rotatable bonds is 4. The van der Waals surface area contributed by atoms with Crippen molar-refractivity contribution in [3.8, 4) is 0 Å². The Kier molecular flexibility index (Phi) is 3.01. The molecule has 0 radical (unpaired) electrons. The van der Waals surface area contributed by atoms with E-state index in [1.54, 1.807) is 6.92 Å². The fourth-order valence-electron chi connectivity index (χ4n) is 1.76. The van der Waals surface area contributed by atoms with E-state index in [1.165, 1.54) is 6.39 Å². The summed E-state index contributed by atoms with van der Waals surface area (Å²) in [5.41, 5.74) is 2.63. The number of oxazole rings is 1. The normalized spacial score (nSPS) is 12.9. The van der Waals surface area contributed by atoms with Crippen LogP contribution >= 0.6 is 0 Å². The van der Waals surface area contributed by atoms with Gasteiger partial charge in [-0.1, -0.05) is 6.07 Å². The van der Waals surface area contributed by atoms with E-state index in [-0.39, 0.29) is 11.8 Å². The van der Waals surface area contributed by atoms with Crippen LogP contribution in [0.4, 0.5) is 0 Å². The Labute approximate surface area is 93.7 Å². The van der Waals surface area contributed by atoms with Gasteiger partial charge in [-0.2, -0.15) is 0 Å². The van der Waals surface area contributed by atoms with Crippen molar-refractivity contribution >= 4 is 16.9 Å². The van der Waals surface area contributed by atoms with Crippen LogP contribution in [-0.4, -0.2) is 17.8 Å². The molecule has 0 fully saturated rings. The summed E-state index contributed by atoms with van der Waals surface area (Å²) in [6.45, 7) is 1.59. The number of ketones is 1. The summed E-state index contributed by atoms with van der Waals surface area (Å²) in [6, 6.07) is 5.83. The molecule has 1 aromatic heterocycles. The van der Waals surface area contributed by atoms with Gasteiger partial charge in [-0.15, -0.1) is 0 Å². The fourth-order valence-corrected chi connectivity index (χ4v) is 1.76. The number of benzene rings is 1. The van der Waals surface area contributed by atoms with Crippen molar-refractivity contribution in [2.45, 2.75) is 19.4 Å². The number of carbonyl (C=O) groups excluding carboxylic acids is 1. The Morgan fingerprint density at radius 1 is 1.56 bits per heavy atom. The topological polar surface area (TPSA) is 55.1 Å². The third-order valence-corrected chi connectivity index (χ3v) is 2.60. The van der Waals surface area contributed by atoms with E-state index in [4.69, 9.17) is 4.42 Å². The number of nitrogens with zero attached hydrogens (tertiary/aromatic N) is 1. The van der Waals surface area contributed by atoms with Gasteiger partial charge < -0.3 is 9.73 Å². The van der Waals surface area contributed by atoms with Crippen LogP contribution in [0.5, 0.6) is 0 Å². The van der Waals surface area contributed by atoms with E-state index in [0.29, 0.717) is 6.42 Å². The van der Waals surface area contributed by atoms with Gasteiger partial charge in [0.15, 0.2) is 12.0 Å². The predicted molar refractivity (Wildman–Crippen MR) is 61.1 cm³/mol. The lowest BCUT2D eigenvalue weighted by atomic mass is 10.0. The first-order chi connectivity index (χ1) is 7.70. The maximum atomic E-state index is 11.1. The highest BCUT2D eigenvalue weighted by Gasteiger charge is 2.12. The van der Waals surface area contributed by atoms with Crippen LogP contribution in [0.3, 0.4) is 0 Å². The number of nitrogens with one attached hydrogen (secondary N) is 1. The molecule has 0 saturated carbocycles. The van der Waals surface area contributed by atoms with Gasteiger partial charge in [0.25, 0.3) is 0 Å². The average Bonchev–Trinajstić information content (AvgIpc) is 2.72. The minimum atomic E-state index is 0.0343. The highest BCUT2D eigenvalue weighted by molar-refractivity contribution is 5.77. The second-order valence-electron chi connectivity index (χ2n) is 3.83. The van der Waals surface area contributed by atoms with E-state index in [9.17, 15) is 4.79 Å². The van der Waals surface area contributed by atoms with Crippen molar-refractivity contribution in [2.24, 2.45) is 0 Å². The zero-order chi connectivity index (χ0) is 11.5. The van der Waals surface area contributed by atoms with Crippen molar-refractivity contribution in [3.63, 3.8) is 0 Å². The third kappa shape index (κ3) is 2.12. The summed E-state index contributed by atoms with van der Waals surface area (Å²) in [5.74, 6) is 0.164. The summed E-state index contributed by atoms with van der Waals surface area (Å²) >= 11 is 0. The molecule has 84 valence electrons. The molecule has 0 aliphatic rings. The minimum Gasteiger partial charge on any atom is -0.443 e. The molecule has 1 heterocycles. The highest BCUT2D eigenvalue weighted by Crippen LogP contribution is 2.21. The van der Waals surface area contributed by atoms with Crippen molar-refractivity contribution < 1.29 is 9.21 Å². The Morgan fingerprint density at radius 3 is 3.06 bits per heavy atom. The number of hydrogen-bond donors (Lipinski definition) is 1. The van der Waals surface area contributed by atoms with Gasteiger partial charge in [-0.25, -0.2) is 4.98 Å². The Hall–Kier alpha value is -1.68. The molecule has 0 aliphatic carbocycles. The molecule has 0 aliphatic heterocycles. The number of hydrogen-bond acceptors (Lipinski definition) is 4. The van der Waals surface area contributed by atoms with Crippen LogP contribution in [0.15, 0.2) is 29.0 Å². The molecule has 2 rings (SSSR count). The molecule has 4 nitrogen and oxygen atoms in total. The lowest BCUT2D eigenvalue weighted by Crippen LogP contribution is -2.18. The second kappa shape index (κ2) is 4.45. The van der Waals surface area contributed by atoms with Crippen LogP contribution in [-0.2, 0) is 4.79 Å². The molecular formula is C12H14N2O2. The number of Topliss-reactive ketones (excluding diaryl/α,β-unsaturated/α-hetero) is 1. The Morgan fingerprint density at radius 2 is 2.38 bits per heavy atom. The molecule has 16 heavy (non-hydrogen) atoms. The first kappa shape index (κ1) is 10.8. The molecule has 0 amide bonds. The number of fused-ring (bicyclic) bond motifs is 1. The first-order valence-corrected chi connectivity index (χ1v) is 5.20. The standard InChI is InChI=1S/C12H14N2O2/c1-8(15)5-11(13-2)9-3-4-10-12(6-9)16-7-14-10/h3-4,6-7,11,13H,5H2,1-2H3. The van der Waals surface area contributed by atoms with Crippen LogP contribution in [0.1, 0.15) is 24.9 Å². The summed E-state index contributed by atoms with van der Waals surface area (Å²) in [6.07, 6.45) is 1.91. The summed E-state index contributed by atoms with van der Waals surface area (Å²) < 4.78 is 5.23. The van der Waals surface area contributed by atoms with E-state index >= 15 is 0 Å². The molecule has 1 unspecified atom stereocenters. The molecule has 1 N–H and O–H groups in total. The van der Waals surface area contributed by atoms with Crippen LogP contribution in [0.25, 0.3) is 11.1 Å². The highest BCUT2D eigenvalue weighted by atomic mass is 16.3. The Balaban J connectivity index is 2.32. The quantitative estimate of drug-likeness (QED) is 0.853. The fraction of sp³-hybridized carbons (Fsp3) is 0.333. The molecule has 0 spiro atoms. The van der Waals surface area contributed by atoms with Crippen LogP contribution in [0.2, 0.25) is 0 Å². The van der Waals surface area contributed by atoms with E-state index in [1.807, 2.05) is 25.2 Å². The van der Waals surface area contributed by atoms with Gasteiger partial charge in [-0.05, 0) is 31.7 Å². The Bertz CT molecular complexity index is 504. The van der Waals surface area contributed by atoms with Gasteiger partial charge in [0, 0.05) is 12.5 Å². The van der Waals surface area contributed by atoms with Gasteiger partial charge in [0.1, 0.15) is 11.3 Å². The van der Waals surface area contributed by atoms with Gasteiger partial charge in [-0.3, -0.25) is 4.79 Å². The zero-order valence-corrected chi connectivity index (χ0v) is 9.36. The SMILES string of the molecule is CNC(CC(C)=O)c1ccc2ncoc2c1. The second-order valence-corrected chi connectivity index (χ2v) is 3.83. The lowest BCUT2D eigenvalue weighted by Gasteiger charge is -2.14. The number of aromatic nitrogens is 1. The van der Waals surface area contributed by atoms with Crippen molar-refractivity contribution in [3.05, 3.63) is 30.2 Å². The molecule has 2 aromatic rings. The molecular weight excluding hydrogens is 204 g/mol. The molecule has 0 bridgehead atoms. The van der Waals surface area contributed by atoms with E-state index < -0.39 is 0 Å². The molecule has 1 atom stereocenters. The first-order valence-electron chi connectivity index (χ1n) is 5.20. The van der Waals surface area contributed by atoms with Crippen molar-refractivity contribution in [2.75, 3.05) is 7.05 Å². The van der Waals surface area contributed by atoms with Crippen LogP contribution in [0, 0.1) is 0 Å². The summed E-state index contributed by atoms with van der Waals surface area (Å²) in [4.78, 5) is 15.2.